The largest absolute Gasteiger partial charge is 0.473 e. The lowest BCUT2D eigenvalue weighted by Gasteiger charge is -2.36. The molecule has 23 rings (SSSR count). The van der Waals surface area contributed by atoms with Gasteiger partial charge in [-0.25, -0.2) is 67.8 Å². The van der Waals surface area contributed by atoms with Crippen LogP contribution >= 0.6 is 23.5 Å². The molecule has 11 aromatic heterocycles. The Balaban J connectivity index is 0.000000127. The van der Waals surface area contributed by atoms with Gasteiger partial charge in [0.25, 0.3) is 16.7 Å². The molecule has 0 spiro atoms. The molecule has 0 saturated carbocycles. The minimum atomic E-state index is -5.17. The average Bonchev–Trinajstić information content (AvgIpc) is 1.58. The maximum atomic E-state index is 13.8. The second-order valence-corrected chi connectivity index (χ2v) is 39.0. The number of ether oxygens (including phenoxy) is 6. The third kappa shape index (κ3) is 16.1. The Hall–Kier alpha value is -13.7. The molecule has 0 aliphatic carbocycles. The van der Waals surface area contributed by atoms with Gasteiger partial charge in [-0.15, -0.1) is 0 Å². The van der Waals surface area contributed by atoms with Crippen LogP contribution in [0.2, 0.25) is 0 Å². The van der Waals surface area contributed by atoms with Gasteiger partial charge in [-0.3, -0.25) is 55.2 Å². The SMILES string of the molecule is CC[C@@]1(OP(=O)(O)OC[C@H]2O[C@@H](n3ccc(N)nc3=O)[C@H](O)[C@@H]2O)C(=O)OCc2c1cc1n(c2=O)Cc2cc3ccccc3nc2-1.CC[C@@]1(OP(=O)(O)OC[C@H]2O[C@@H](n3cnc4c(N)nc(N)nc43)[C@H](O)[C@@H]2O)C(=O)OCc2c1cc1n(c2=O)Cc2cc3ccccc3nc2-1.CC[C@@]1(OP(=O)(O)OC[C@H]2O[C@@H](n3cnc4c(N)ncnc43)[C@H](O)[C@@H]2O)C(=O)OCc2c1cc1n(c2=O)Cc2cc3ccccc3nc2-1. The van der Waals surface area contributed by atoms with Crippen molar-refractivity contribution >= 4 is 120 Å². The number of esters is 3. The first-order valence-corrected chi connectivity index (χ1v) is 49.0. The van der Waals surface area contributed by atoms with Gasteiger partial charge >= 0.3 is 47.1 Å². The molecule has 742 valence electrons. The van der Waals surface area contributed by atoms with Gasteiger partial charge in [0.2, 0.25) is 22.8 Å². The van der Waals surface area contributed by atoms with Crippen LogP contribution in [0, 0.1) is 0 Å². The number of nitrogens with two attached hydrogens (primary N) is 4. The molecule has 3 aromatic carbocycles. The highest BCUT2D eigenvalue weighted by Crippen LogP contribution is 2.59. The van der Waals surface area contributed by atoms with E-state index in [1.807, 2.05) is 91.0 Å². The van der Waals surface area contributed by atoms with Crippen LogP contribution in [0.15, 0.2) is 160 Å². The van der Waals surface area contributed by atoms with E-state index in [4.69, 9.17) is 93.5 Å². The van der Waals surface area contributed by atoms with E-state index in [9.17, 15) is 92.6 Å². The van der Waals surface area contributed by atoms with Crippen LogP contribution in [0.4, 0.5) is 23.4 Å². The summed E-state index contributed by atoms with van der Waals surface area (Å²) in [5.41, 5.74) is 22.6. The summed E-state index contributed by atoms with van der Waals surface area (Å²) < 4.78 is 114. The van der Waals surface area contributed by atoms with E-state index < -0.39 is 174 Å². The molecule has 143 heavy (non-hydrogen) atoms. The summed E-state index contributed by atoms with van der Waals surface area (Å²) in [6, 6.07) is 34.3. The lowest BCUT2D eigenvalue weighted by Crippen LogP contribution is -2.46. The van der Waals surface area contributed by atoms with Crippen LogP contribution in [-0.2, 0) is 140 Å². The van der Waals surface area contributed by atoms with Gasteiger partial charge < -0.3 is 110 Å². The van der Waals surface area contributed by atoms with Crippen molar-refractivity contribution in [1.82, 2.24) is 77.2 Å². The van der Waals surface area contributed by atoms with Crippen LogP contribution in [0.1, 0.15) is 109 Å². The van der Waals surface area contributed by atoms with Gasteiger partial charge in [0.15, 0.2) is 41.6 Å². The smallest absolute Gasteiger partial charge is 0.458 e. The zero-order valence-electron chi connectivity index (χ0n) is 75.0. The van der Waals surface area contributed by atoms with E-state index >= 15 is 0 Å². The monoisotopic (exact) mass is 2020 g/mol. The maximum Gasteiger partial charge on any atom is 0.473 e. The van der Waals surface area contributed by atoms with E-state index in [0.29, 0.717) is 50.7 Å². The zero-order chi connectivity index (χ0) is 100. The number of nitrogens with zero attached hydrogens (tertiary/aromatic N) is 16. The fourth-order valence-corrected chi connectivity index (χ4v) is 22.7. The average molecular weight is 2020 g/mol. The first-order valence-electron chi connectivity index (χ1n) is 44.5. The second-order valence-electron chi connectivity index (χ2n) is 34.9. The number of carbonyl (C=O) groups excluding carboxylic acids is 3. The molecule has 3 saturated heterocycles. The Bertz CT molecular complexity index is 8130. The Labute approximate surface area is 801 Å². The summed E-state index contributed by atoms with van der Waals surface area (Å²) in [6.07, 6.45) is -13.2. The molecule has 54 heteroatoms. The Morgan fingerprint density at radius 3 is 1.13 bits per heavy atom. The van der Waals surface area contributed by atoms with Crippen molar-refractivity contribution < 1.29 is 129 Å². The van der Waals surface area contributed by atoms with Gasteiger partial charge in [-0.2, -0.15) is 15.0 Å². The summed E-state index contributed by atoms with van der Waals surface area (Å²) in [5.74, 6) is -3.12. The summed E-state index contributed by atoms with van der Waals surface area (Å²) in [7, 11) is -15.5. The normalized spacial score (nSPS) is 25.9. The maximum absolute atomic E-state index is 13.8. The number of phosphoric acid groups is 3. The number of hydrogen-bond donors (Lipinski definition) is 13. The summed E-state index contributed by atoms with van der Waals surface area (Å²) >= 11 is 0. The van der Waals surface area contributed by atoms with E-state index in [1.165, 1.54) is 74.9 Å². The van der Waals surface area contributed by atoms with Crippen LogP contribution in [-0.4, -0.2) is 215 Å². The predicted octanol–water partition coefficient (Wildman–Crippen LogP) is 2.79. The van der Waals surface area contributed by atoms with Crippen molar-refractivity contribution in [1.29, 1.82) is 0 Å². The van der Waals surface area contributed by atoms with Crippen molar-refractivity contribution in [2.75, 3.05) is 42.8 Å². The molecule has 9 aliphatic rings. The van der Waals surface area contributed by atoms with Crippen molar-refractivity contribution in [2.45, 2.75) is 170 Å². The summed E-state index contributed by atoms with van der Waals surface area (Å²) in [5, 5.41) is 66.8. The van der Waals surface area contributed by atoms with Crippen LogP contribution in [0.25, 0.3) is 89.2 Å². The van der Waals surface area contributed by atoms with Crippen molar-refractivity contribution in [3.05, 3.63) is 232 Å². The third-order valence-electron chi connectivity index (χ3n) is 26.7. The van der Waals surface area contributed by atoms with E-state index in [1.54, 1.807) is 18.2 Å². The van der Waals surface area contributed by atoms with Crippen molar-refractivity contribution in [3.8, 4) is 34.2 Å². The summed E-state index contributed by atoms with van der Waals surface area (Å²) in [6.45, 7) is 1.93. The highest BCUT2D eigenvalue weighted by atomic mass is 31.2. The fraction of sp³-hybridized carbons (Fsp3) is 0.337. The molecule has 0 radical (unpaired) electrons. The number of rotatable bonds is 21. The number of aromatic nitrogens is 16. The molecule has 3 unspecified atom stereocenters. The van der Waals surface area contributed by atoms with Gasteiger partial charge in [0, 0.05) is 55.7 Å². The number of aliphatic hydroxyl groups is 6. The molecule has 0 bridgehead atoms. The number of carbonyl (C=O) groups is 3. The quantitative estimate of drug-likeness (QED) is 0.0279. The first-order chi connectivity index (χ1) is 68.3. The number of para-hydroxylation sites is 3. The second kappa shape index (κ2) is 35.7. The number of anilines is 4. The molecule has 0 amide bonds. The number of imidazole rings is 2. The Morgan fingerprint density at radius 2 is 0.762 bits per heavy atom. The zero-order valence-corrected chi connectivity index (χ0v) is 77.7. The summed E-state index contributed by atoms with van der Waals surface area (Å²) in [4.78, 5) is 168. The molecule has 17 N–H and O–H groups in total. The number of benzene rings is 3. The van der Waals surface area contributed by atoms with Gasteiger partial charge in [-0.1, -0.05) is 75.4 Å². The fourth-order valence-electron chi connectivity index (χ4n) is 19.5. The Kier molecular flexibility index (Phi) is 23.8. The van der Waals surface area contributed by atoms with Crippen molar-refractivity contribution in [2.24, 2.45) is 0 Å². The van der Waals surface area contributed by atoms with E-state index in [-0.39, 0.29) is 138 Å². The molecule has 51 nitrogen and oxygen atoms in total. The standard InChI is InChI=1S/C30H29N8O10P.C30H28N7O10P.C29H28N5O11P/c1-2-30(16-8-18-20-14(7-13-5-3-4-6-17(13)34-20)9-37(18)26(41)15(16)10-45-28(30)42)48-49(43,44)46-11-19-22(39)23(40)27(47-19)38-12-33-21-24(31)35-29(32)36-25(21)38;1-2-30(47-48(42,43)45-11-20-23(38)24(39)28(46-20)37-13-34-22-25(31)32-12-33-26(22)37)17-8-19-21-15(7-14-5-3-4-6-18(14)35-21)9-36(19)27(40)16(17)10-44-29(30)41;1-2-29(45-46(40,41)43-13-20-23(35)24(36)26(44-20)33-8-7-21(30)32-28(33)39)17-10-19-22-15(9-14-5-3-4-6-18(14)31-22)11-34(19)25(37)16(17)12-42-27(29)38/h3-8,12,19,22-23,27,39-40H,2,9-11H2,1H3,(H,43,44)(H4,31,32,35,36);3-8,12-13,20,23-24,28,38-39H,2,9-11H2,1H3,(H,42,43)(H2,31,32,33);3-10,20,23-24,26,35-36H,2,11-13H2,1H3,(H,40,41)(H2,30,32,39)/t19-,22-,23-,27-,30+;20-,23-,24-,28-,30+;20-,23-,24-,26-,29+/m111/s1. The minimum Gasteiger partial charge on any atom is -0.458 e. The van der Waals surface area contributed by atoms with E-state index in [2.05, 4.69) is 34.9 Å². The van der Waals surface area contributed by atoms with Crippen LogP contribution < -0.4 is 45.3 Å². The topological polar surface area (TPSA) is 726 Å². The number of hydrogen-bond acceptors (Lipinski definition) is 42. The van der Waals surface area contributed by atoms with Crippen LogP contribution in [0.5, 0.6) is 0 Å². The van der Waals surface area contributed by atoms with Gasteiger partial charge in [0.05, 0.1) is 120 Å². The van der Waals surface area contributed by atoms with E-state index in [0.717, 1.165) is 37.4 Å². The molecular formula is C89H85N20O31P3. The number of nitrogen functional groups attached to an aromatic ring is 4. The lowest BCUT2D eigenvalue weighted by molar-refractivity contribution is -0.171. The van der Waals surface area contributed by atoms with Gasteiger partial charge in [-0.05, 0) is 79.9 Å². The van der Waals surface area contributed by atoms with Gasteiger partial charge in [0.1, 0.15) is 97.9 Å². The molecule has 20 heterocycles. The molecular weight excluding hydrogens is 1940 g/mol. The number of aliphatic hydroxyl groups excluding tert-OH is 6. The number of cyclic esters (lactones) is 3. The molecule has 3 fully saturated rings. The van der Waals surface area contributed by atoms with Crippen LogP contribution in [0.3, 0.4) is 0 Å². The number of pyridine rings is 6. The highest BCUT2D eigenvalue weighted by Gasteiger charge is 2.59. The lowest BCUT2D eigenvalue weighted by atomic mass is 9.86. The number of phosphoric ester groups is 3. The predicted molar refractivity (Wildman–Crippen MR) is 492 cm³/mol. The third-order valence-corrected chi connectivity index (χ3v) is 29.8. The highest BCUT2D eigenvalue weighted by molar-refractivity contribution is 7.48. The molecule has 14 aromatic rings. The Morgan fingerprint density at radius 1 is 0.413 bits per heavy atom. The number of fused-ring (bicyclic) bond motifs is 17. The minimum absolute atomic E-state index is 0.0122. The van der Waals surface area contributed by atoms with Crippen molar-refractivity contribution in [3.63, 3.8) is 0 Å². The first kappa shape index (κ1) is 95.5. The molecule has 9 aliphatic heterocycles. The molecule has 18 atom stereocenters.